The van der Waals surface area contributed by atoms with Crippen molar-refractivity contribution < 1.29 is 5.11 Å². The number of aromatic nitrogens is 1. The first-order valence-electron chi connectivity index (χ1n) is 4.57. The third kappa shape index (κ3) is 2.45. The van der Waals surface area contributed by atoms with E-state index in [4.69, 9.17) is 5.11 Å². The first kappa shape index (κ1) is 9.03. The van der Waals surface area contributed by atoms with Crippen molar-refractivity contribution in [3.8, 4) is 0 Å². The summed E-state index contributed by atoms with van der Waals surface area (Å²) in [7, 11) is 0. The SMILES string of the molecule is OCc1cccnc1SCC1CC1. The summed E-state index contributed by atoms with van der Waals surface area (Å²) in [5, 5.41) is 10.0. The molecule has 0 aliphatic heterocycles. The Morgan fingerprint density at radius 3 is 3.08 bits per heavy atom. The molecule has 0 aromatic carbocycles. The Hall–Kier alpha value is -0.540. The van der Waals surface area contributed by atoms with Gasteiger partial charge in [-0.05, 0) is 24.8 Å². The molecule has 1 heterocycles. The van der Waals surface area contributed by atoms with Gasteiger partial charge < -0.3 is 5.11 Å². The molecule has 13 heavy (non-hydrogen) atoms. The highest BCUT2D eigenvalue weighted by Gasteiger charge is 2.21. The van der Waals surface area contributed by atoms with E-state index >= 15 is 0 Å². The maximum atomic E-state index is 9.05. The molecule has 2 rings (SSSR count). The van der Waals surface area contributed by atoms with Gasteiger partial charge in [0.2, 0.25) is 0 Å². The fourth-order valence-electron chi connectivity index (χ4n) is 1.16. The zero-order chi connectivity index (χ0) is 9.10. The average Bonchev–Trinajstić information content (AvgIpc) is 2.99. The Morgan fingerprint density at radius 2 is 2.38 bits per heavy atom. The highest BCUT2D eigenvalue weighted by molar-refractivity contribution is 7.99. The lowest BCUT2D eigenvalue weighted by atomic mass is 10.3. The van der Waals surface area contributed by atoms with Gasteiger partial charge in [-0.3, -0.25) is 0 Å². The number of hydrogen-bond donors (Lipinski definition) is 1. The summed E-state index contributed by atoms with van der Waals surface area (Å²) in [6.07, 6.45) is 4.52. The van der Waals surface area contributed by atoms with Gasteiger partial charge in [-0.1, -0.05) is 6.07 Å². The van der Waals surface area contributed by atoms with Crippen molar-refractivity contribution in [3.05, 3.63) is 23.9 Å². The minimum absolute atomic E-state index is 0.0981. The quantitative estimate of drug-likeness (QED) is 0.747. The molecule has 0 saturated heterocycles. The second-order valence-electron chi connectivity index (χ2n) is 3.38. The van der Waals surface area contributed by atoms with Crippen LogP contribution in [0.15, 0.2) is 23.4 Å². The summed E-state index contributed by atoms with van der Waals surface area (Å²) in [4.78, 5) is 4.25. The topological polar surface area (TPSA) is 33.1 Å². The normalized spacial score (nSPS) is 16.1. The van der Waals surface area contributed by atoms with Crippen molar-refractivity contribution >= 4 is 11.8 Å². The lowest BCUT2D eigenvalue weighted by Gasteiger charge is -2.03. The summed E-state index contributed by atoms with van der Waals surface area (Å²) in [6, 6.07) is 3.80. The molecule has 1 fully saturated rings. The Morgan fingerprint density at radius 1 is 1.54 bits per heavy atom. The van der Waals surface area contributed by atoms with Crippen molar-refractivity contribution in [1.29, 1.82) is 0 Å². The van der Waals surface area contributed by atoms with Crippen molar-refractivity contribution in [2.75, 3.05) is 5.75 Å². The van der Waals surface area contributed by atoms with Gasteiger partial charge in [0.15, 0.2) is 0 Å². The zero-order valence-corrected chi connectivity index (χ0v) is 8.26. The summed E-state index contributed by atoms with van der Waals surface area (Å²) < 4.78 is 0. The van der Waals surface area contributed by atoms with Crippen molar-refractivity contribution in [2.24, 2.45) is 5.92 Å². The van der Waals surface area contributed by atoms with Crippen molar-refractivity contribution in [1.82, 2.24) is 4.98 Å². The van der Waals surface area contributed by atoms with E-state index in [-0.39, 0.29) is 6.61 Å². The van der Waals surface area contributed by atoms with Crippen LogP contribution < -0.4 is 0 Å². The van der Waals surface area contributed by atoms with Gasteiger partial charge >= 0.3 is 0 Å². The first-order chi connectivity index (χ1) is 6.40. The monoisotopic (exact) mass is 195 g/mol. The second kappa shape index (κ2) is 4.11. The number of rotatable bonds is 4. The fraction of sp³-hybridized carbons (Fsp3) is 0.500. The summed E-state index contributed by atoms with van der Waals surface area (Å²) in [5.74, 6) is 2.06. The summed E-state index contributed by atoms with van der Waals surface area (Å²) >= 11 is 1.77. The molecule has 0 bridgehead atoms. The van der Waals surface area contributed by atoms with Crippen LogP contribution in [0.4, 0.5) is 0 Å². The van der Waals surface area contributed by atoms with Crippen LogP contribution in [0.3, 0.4) is 0 Å². The number of nitrogens with zero attached hydrogens (tertiary/aromatic N) is 1. The minimum atomic E-state index is 0.0981. The molecule has 0 amide bonds. The number of thioether (sulfide) groups is 1. The molecular formula is C10H13NOS. The number of aliphatic hydroxyl groups is 1. The van der Waals surface area contributed by atoms with E-state index in [1.54, 1.807) is 18.0 Å². The largest absolute Gasteiger partial charge is 0.392 e. The smallest absolute Gasteiger partial charge is 0.101 e. The third-order valence-corrected chi connectivity index (χ3v) is 3.45. The maximum Gasteiger partial charge on any atom is 0.101 e. The average molecular weight is 195 g/mol. The molecule has 0 spiro atoms. The lowest BCUT2D eigenvalue weighted by Crippen LogP contribution is -1.92. The van der Waals surface area contributed by atoms with Gasteiger partial charge in [0.1, 0.15) is 5.03 Å². The van der Waals surface area contributed by atoms with Crippen LogP contribution in [-0.4, -0.2) is 15.8 Å². The van der Waals surface area contributed by atoms with Gasteiger partial charge in [-0.25, -0.2) is 4.98 Å². The molecular weight excluding hydrogens is 182 g/mol. The van der Waals surface area contributed by atoms with Gasteiger partial charge in [0.05, 0.1) is 6.61 Å². The predicted octanol–water partition coefficient (Wildman–Crippen LogP) is 2.08. The first-order valence-corrected chi connectivity index (χ1v) is 5.56. The second-order valence-corrected chi connectivity index (χ2v) is 4.39. The molecule has 1 saturated carbocycles. The van der Waals surface area contributed by atoms with Crippen LogP contribution in [0.5, 0.6) is 0 Å². The van der Waals surface area contributed by atoms with Crippen LogP contribution in [0.2, 0.25) is 0 Å². The van der Waals surface area contributed by atoms with E-state index < -0.39 is 0 Å². The molecule has 70 valence electrons. The molecule has 0 radical (unpaired) electrons. The Bertz CT molecular complexity index is 286. The van der Waals surface area contributed by atoms with Gasteiger partial charge in [-0.15, -0.1) is 11.8 Å². The highest BCUT2D eigenvalue weighted by atomic mass is 32.2. The fourth-order valence-corrected chi connectivity index (χ4v) is 2.34. The van der Waals surface area contributed by atoms with Gasteiger partial charge in [-0.2, -0.15) is 0 Å². The molecule has 1 aliphatic rings. The van der Waals surface area contributed by atoms with E-state index in [1.165, 1.54) is 12.8 Å². The molecule has 2 nitrogen and oxygen atoms in total. The van der Waals surface area contributed by atoms with E-state index in [1.807, 2.05) is 12.1 Å². The van der Waals surface area contributed by atoms with Gasteiger partial charge in [0, 0.05) is 17.5 Å². The van der Waals surface area contributed by atoms with Crippen LogP contribution in [0.25, 0.3) is 0 Å². The summed E-state index contributed by atoms with van der Waals surface area (Å²) in [5.41, 5.74) is 0.952. The molecule has 1 N–H and O–H groups in total. The van der Waals surface area contributed by atoms with E-state index in [9.17, 15) is 0 Å². The molecule has 1 aromatic heterocycles. The molecule has 1 aromatic rings. The Kier molecular flexibility index (Phi) is 2.86. The maximum absolute atomic E-state index is 9.05. The third-order valence-electron chi connectivity index (χ3n) is 2.17. The van der Waals surface area contributed by atoms with Crippen molar-refractivity contribution in [2.45, 2.75) is 24.5 Å². The molecule has 3 heteroatoms. The Labute approximate surface area is 82.4 Å². The zero-order valence-electron chi connectivity index (χ0n) is 7.44. The highest BCUT2D eigenvalue weighted by Crippen LogP contribution is 2.35. The van der Waals surface area contributed by atoms with E-state index in [0.717, 1.165) is 22.3 Å². The van der Waals surface area contributed by atoms with Crippen LogP contribution in [0, 0.1) is 5.92 Å². The van der Waals surface area contributed by atoms with Gasteiger partial charge in [0.25, 0.3) is 0 Å². The summed E-state index contributed by atoms with van der Waals surface area (Å²) in [6.45, 7) is 0.0981. The molecule has 1 aliphatic carbocycles. The number of aliphatic hydroxyl groups excluding tert-OH is 1. The standard InChI is InChI=1S/C10H13NOS/c12-6-9-2-1-5-11-10(9)13-7-8-3-4-8/h1-2,5,8,12H,3-4,6-7H2. The van der Waals surface area contributed by atoms with Crippen LogP contribution in [-0.2, 0) is 6.61 Å². The number of hydrogen-bond acceptors (Lipinski definition) is 3. The van der Waals surface area contributed by atoms with E-state index in [0.29, 0.717) is 0 Å². The van der Waals surface area contributed by atoms with Crippen molar-refractivity contribution in [3.63, 3.8) is 0 Å². The predicted molar refractivity (Wildman–Crippen MR) is 53.6 cm³/mol. The lowest BCUT2D eigenvalue weighted by molar-refractivity contribution is 0.278. The molecule has 0 unspecified atom stereocenters. The van der Waals surface area contributed by atoms with Crippen LogP contribution in [0.1, 0.15) is 18.4 Å². The van der Waals surface area contributed by atoms with Crippen LogP contribution >= 0.6 is 11.8 Å². The minimum Gasteiger partial charge on any atom is -0.392 e. The molecule has 0 atom stereocenters. The number of pyridine rings is 1. The Balaban J connectivity index is 1.99. The van der Waals surface area contributed by atoms with E-state index in [2.05, 4.69) is 4.98 Å².